The van der Waals surface area contributed by atoms with Gasteiger partial charge in [0, 0.05) is 19.6 Å². The van der Waals surface area contributed by atoms with Crippen molar-refractivity contribution < 1.29 is 13.2 Å². The number of benzene rings is 1. The lowest BCUT2D eigenvalue weighted by Gasteiger charge is -2.23. The van der Waals surface area contributed by atoms with Crippen LogP contribution < -0.4 is 0 Å². The molecule has 0 radical (unpaired) electrons. The molecule has 2 rings (SSSR count). The first-order chi connectivity index (χ1) is 9.00. The van der Waals surface area contributed by atoms with Gasteiger partial charge in [0.25, 0.3) is 0 Å². The fourth-order valence-corrected chi connectivity index (χ4v) is 2.37. The molecule has 1 aromatic carbocycles. The second kappa shape index (κ2) is 5.62. The standard InChI is InChI=1S/C14H15F3N2/c15-14(16,17)13(9-18)10-19-7-5-11-3-1-2-4-12(11)6-8-19/h1-4,13H,5-8,10H2. The molecule has 1 aliphatic heterocycles. The summed E-state index contributed by atoms with van der Waals surface area (Å²) in [7, 11) is 0. The first kappa shape index (κ1) is 13.9. The van der Waals surface area contributed by atoms with Gasteiger partial charge in [-0.2, -0.15) is 18.4 Å². The molecule has 0 saturated carbocycles. The Balaban J connectivity index is 2.01. The van der Waals surface area contributed by atoms with Crippen molar-refractivity contribution in [1.82, 2.24) is 4.90 Å². The lowest BCUT2D eigenvalue weighted by atomic mass is 10.0. The number of fused-ring (bicyclic) bond motifs is 1. The quantitative estimate of drug-likeness (QED) is 0.824. The fraction of sp³-hybridized carbons (Fsp3) is 0.500. The van der Waals surface area contributed by atoms with Crippen molar-refractivity contribution >= 4 is 0 Å². The molecule has 0 fully saturated rings. The van der Waals surface area contributed by atoms with E-state index in [9.17, 15) is 13.2 Å². The average Bonchev–Trinajstić information content (AvgIpc) is 2.57. The zero-order valence-corrected chi connectivity index (χ0v) is 10.5. The molecule has 2 nitrogen and oxygen atoms in total. The van der Waals surface area contributed by atoms with Crippen molar-refractivity contribution in [3.05, 3.63) is 35.4 Å². The molecule has 19 heavy (non-hydrogen) atoms. The Hall–Kier alpha value is -1.54. The normalized spacial score (nSPS) is 18.2. The smallest absolute Gasteiger partial charge is 0.301 e. The molecular formula is C14H15F3N2. The summed E-state index contributed by atoms with van der Waals surface area (Å²) in [4.78, 5) is 1.74. The Bertz CT molecular complexity index is 449. The molecule has 102 valence electrons. The van der Waals surface area contributed by atoms with E-state index in [1.165, 1.54) is 17.2 Å². The highest BCUT2D eigenvalue weighted by atomic mass is 19.4. The second-order valence-corrected chi connectivity index (χ2v) is 4.79. The number of hydrogen-bond donors (Lipinski definition) is 0. The molecule has 0 aliphatic carbocycles. The molecule has 0 amide bonds. The molecule has 0 aromatic heterocycles. The minimum absolute atomic E-state index is 0.228. The van der Waals surface area contributed by atoms with Crippen molar-refractivity contribution in [2.24, 2.45) is 5.92 Å². The second-order valence-electron chi connectivity index (χ2n) is 4.79. The monoisotopic (exact) mass is 268 g/mol. The molecular weight excluding hydrogens is 253 g/mol. The van der Waals surface area contributed by atoms with Gasteiger partial charge in [-0.1, -0.05) is 24.3 Å². The minimum Gasteiger partial charge on any atom is -0.301 e. The summed E-state index contributed by atoms with van der Waals surface area (Å²) in [6.07, 6.45) is -2.95. The Morgan fingerprint density at radius 2 is 1.68 bits per heavy atom. The van der Waals surface area contributed by atoms with Crippen LogP contribution in [0.15, 0.2) is 24.3 Å². The van der Waals surface area contributed by atoms with Crippen molar-refractivity contribution in [3.63, 3.8) is 0 Å². The van der Waals surface area contributed by atoms with E-state index >= 15 is 0 Å². The van der Waals surface area contributed by atoms with Gasteiger partial charge in [0.2, 0.25) is 0 Å². The van der Waals surface area contributed by atoms with Gasteiger partial charge in [-0.25, -0.2) is 0 Å². The van der Waals surface area contributed by atoms with Crippen LogP contribution in [0.1, 0.15) is 11.1 Å². The van der Waals surface area contributed by atoms with E-state index < -0.39 is 12.1 Å². The topological polar surface area (TPSA) is 27.0 Å². The van der Waals surface area contributed by atoms with Crippen LogP contribution in [0, 0.1) is 17.2 Å². The summed E-state index contributed by atoms with van der Waals surface area (Å²) >= 11 is 0. The lowest BCUT2D eigenvalue weighted by molar-refractivity contribution is -0.163. The molecule has 0 saturated heterocycles. The molecule has 1 aromatic rings. The van der Waals surface area contributed by atoms with E-state index in [4.69, 9.17) is 5.26 Å². The molecule has 0 bridgehead atoms. The molecule has 1 aliphatic rings. The molecule has 1 atom stereocenters. The van der Waals surface area contributed by atoms with Gasteiger partial charge in [-0.15, -0.1) is 0 Å². The first-order valence-electron chi connectivity index (χ1n) is 6.26. The van der Waals surface area contributed by atoms with Crippen molar-refractivity contribution in [2.75, 3.05) is 19.6 Å². The van der Waals surface area contributed by atoms with Gasteiger partial charge < -0.3 is 4.90 Å². The van der Waals surface area contributed by atoms with E-state index in [1.807, 2.05) is 24.3 Å². The third kappa shape index (κ3) is 3.48. The molecule has 0 spiro atoms. The Labute approximate surface area is 110 Å². The minimum atomic E-state index is -4.44. The summed E-state index contributed by atoms with van der Waals surface area (Å²) in [5.74, 6) is -1.89. The number of hydrogen-bond acceptors (Lipinski definition) is 2. The van der Waals surface area contributed by atoms with E-state index in [2.05, 4.69) is 0 Å². The van der Waals surface area contributed by atoms with Gasteiger partial charge >= 0.3 is 6.18 Å². The summed E-state index contributed by atoms with van der Waals surface area (Å²) in [5, 5.41) is 8.64. The number of rotatable bonds is 2. The molecule has 1 heterocycles. The number of halogens is 3. The maximum atomic E-state index is 12.6. The third-order valence-corrected chi connectivity index (χ3v) is 3.50. The van der Waals surface area contributed by atoms with Crippen LogP contribution in [0.5, 0.6) is 0 Å². The third-order valence-electron chi connectivity index (χ3n) is 3.50. The van der Waals surface area contributed by atoms with Crippen molar-refractivity contribution in [1.29, 1.82) is 5.26 Å². The summed E-state index contributed by atoms with van der Waals surface area (Å²) in [6.45, 7) is 0.921. The van der Waals surface area contributed by atoms with Crippen LogP contribution in [-0.2, 0) is 12.8 Å². The number of nitriles is 1. The van der Waals surface area contributed by atoms with E-state index in [0.29, 0.717) is 13.1 Å². The van der Waals surface area contributed by atoms with Crippen LogP contribution >= 0.6 is 0 Å². The highest BCUT2D eigenvalue weighted by Gasteiger charge is 2.40. The molecule has 0 N–H and O–H groups in total. The fourth-order valence-electron chi connectivity index (χ4n) is 2.37. The summed E-state index contributed by atoms with van der Waals surface area (Å²) < 4.78 is 37.8. The SMILES string of the molecule is N#CC(CN1CCc2ccccc2CC1)C(F)(F)F. The van der Waals surface area contributed by atoms with E-state index in [-0.39, 0.29) is 6.54 Å². The van der Waals surface area contributed by atoms with Crippen LogP contribution in [0.3, 0.4) is 0 Å². The van der Waals surface area contributed by atoms with Crippen molar-refractivity contribution in [3.8, 4) is 6.07 Å². The summed E-state index contributed by atoms with van der Waals surface area (Å²) in [6, 6.07) is 9.29. The lowest BCUT2D eigenvalue weighted by Crippen LogP contribution is -2.37. The van der Waals surface area contributed by atoms with Gasteiger partial charge in [-0.05, 0) is 24.0 Å². The zero-order chi connectivity index (χ0) is 13.9. The highest BCUT2D eigenvalue weighted by Crippen LogP contribution is 2.27. The van der Waals surface area contributed by atoms with Crippen LogP contribution in [0.25, 0.3) is 0 Å². The number of alkyl halides is 3. The maximum absolute atomic E-state index is 12.6. The zero-order valence-electron chi connectivity index (χ0n) is 10.5. The first-order valence-corrected chi connectivity index (χ1v) is 6.26. The predicted molar refractivity (Wildman–Crippen MR) is 65.4 cm³/mol. The van der Waals surface area contributed by atoms with E-state index in [0.717, 1.165) is 12.8 Å². The Morgan fingerprint density at radius 1 is 1.16 bits per heavy atom. The summed E-state index contributed by atoms with van der Waals surface area (Å²) in [5.41, 5.74) is 2.40. The molecule has 1 unspecified atom stereocenters. The molecule has 5 heteroatoms. The predicted octanol–water partition coefficient (Wildman–Crippen LogP) is 2.79. The van der Waals surface area contributed by atoms with Gasteiger partial charge in [0.1, 0.15) is 0 Å². The van der Waals surface area contributed by atoms with Crippen LogP contribution in [-0.4, -0.2) is 30.7 Å². The average molecular weight is 268 g/mol. The maximum Gasteiger partial charge on any atom is 0.405 e. The Kier molecular flexibility index (Phi) is 4.11. The van der Waals surface area contributed by atoms with Gasteiger partial charge in [0.15, 0.2) is 5.92 Å². The highest BCUT2D eigenvalue weighted by molar-refractivity contribution is 5.28. The van der Waals surface area contributed by atoms with Gasteiger partial charge in [0.05, 0.1) is 6.07 Å². The number of nitrogens with zero attached hydrogens (tertiary/aromatic N) is 2. The van der Waals surface area contributed by atoms with Gasteiger partial charge in [-0.3, -0.25) is 0 Å². The Morgan fingerprint density at radius 3 is 2.11 bits per heavy atom. The largest absolute Gasteiger partial charge is 0.405 e. The van der Waals surface area contributed by atoms with Crippen LogP contribution in [0.2, 0.25) is 0 Å². The van der Waals surface area contributed by atoms with E-state index in [1.54, 1.807) is 4.90 Å². The van der Waals surface area contributed by atoms with Crippen LogP contribution in [0.4, 0.5) is 13.2 Å². The van der Waals surface area contributed by atoms with Crippen molar-refractivity contribution in [2.45, 2.75) is 19.0 Å².